The average Bonchev–Trinajstić information content (AvgIpc) is 2.57. The van der Waals surface area contributed by atoms with Crippen molar-refractivity contribution in [2.75, 3.05) is 0 Å². The number of carbonyl (C=O) groups excluding carboxylic acids is 2. The van der Waals surface area contributed by atoms with E-state index in [0.717, 1.165) is 0 Å². The van der Waals surface area contributed by atoms with Crippen LogP contribution in [0.2, 0.25) is 0 Å². The maximum atomic E-state index is 12.5. The summed E-state index contributed by atoms with van der Waals surface area (Å²) in [6.07, 6.45) is 0. The van der Waals surface area contributed by atoms with Crippen LogP contribution in [0.1, 0.15) is 20.7 Å². The Balaban J connectivity index is 0.000000483. The van der Waals surface area contributed by atoms with Crippen molar-refractivity contribution in [3.8, 4) is 0 Å². The van der Waals surface area contributed by atoms with E-state index in [1.165, 1.54) is 0 Å². The number of aromatic carboxylic acids is 2. The van der Waals surface area contributed by atoms with Crippen molar-refractivity contribution in [3.63, 3.8) is 0 Å². The van der Waals surface area contributed by atoms with Gasteiger partial charge in [0, 0.05) is 11.1 Å². The minimum atomic E-state index is -2.17. The van der Waals surface area contributed by atoms with Crippen LogP contribution in [0, 0.1) is 46.5 Å². The predicted octanol–water partition coefficient (Wildman–Crippen LogP) is 0.832. The van der Waals surface area contributed by atoms with Crippen molar-refractivity contribution in [2.45, 2.75) is 0 Å². The summed E-state index contributed by atoms with van der Waals surface area (Å²) in [4.78, 5) is 20.1. The molecule has 0 saturated heterocycles. The molecule has 0 aromatic heterocycles. The first-order valence-corrected chi connectivity index (χ1v) is 5.98. The molecule has 13 heteroatoms. The van der Waals surface area contributed by atoms with Crippen molar-refractivity contribution in [2.24, 2.45) is 0 Å². The molecule has 2 rings (SSSR count). The van der Waals surface area contributed by atoms with Gasteiger partial charge in [0.25, 0.3) is 0 Å². The Hall–Kier alpha value is -1.92. The molecular weight excluding hydrogens is 424 g/mol. The molecule has 0 aliphatic heterocycles. The zero-order chi connectivity index (χ0) is 20.3. The molecule has 0 bridgehead atoms. The molecular formula is C14H2CaF8O4. The fourth-order valence-electron chi connectivity index (χ4n) is 1.44. The number of carbonyl (C=O) groups is 2. The molecule has 0 aliphatic rings. The van der Waals surface area contributed by atoms with Gasteiger partial charge in [0.2, 0.25) is 0 Å². The Morgan fingerprint density at radius 3 is 1.04 bits per heavy atom. The third-order valence-electron chi connectivity index (χ3n) is 2.65. The van der Waals surface area contributed by atoms with Crippen LogP contribution in [0.25, 0.3) is 0 Å². The largest absolute Gasteiger partial charge is 2.00 e. The molecule has 2 aromatic rings. The van der Waals surface area contributed by atoms with Gasteiger partial charge in [-0.2, -0.15) is 0 Å². The van der Waals surface area contributed by atoms with Gasteiger partial charge in [-0.05, 0) is 12.1 Å². The minimum absolute atomic E-state index is 0. The van der Waals surface area contributed by atoms with Gasteiger partial charge in [-0.3, -0.25) is 0 Å². The van der Waals surface area contributed by atoms with Gasteiger partial charge in [-0.15, -0.1) is 0 Å². The molecule has 0 radical (unpaired) electrons. The Labute approximate surface area is 174 Å². The van der Waals surface area contributed by atoms with Crippen molar-refractivity contribution >= 4 is 49.7 Å². The molecule has 0 atom stereocenters. The van der Waals surface area contributed by atoms with E-state index in [-0.39, 0.29) is 49.9 Å². The summed E-state index contributed by atoms with van der Waals surface area (Å²) in [5.74, 6) is -20.2. The smallest absolute Gasteiger partial charge is 0.545 e. The predicted molar refractivity (Wildman–Crippen MR) is 67.0 cm³/mol. The zero-order valence-corrected chi connectivity index (χ0v) is 14.7. The molecule has 2 aromatic carbocycles. The van der Waals surface area contributed by atoms with Gasteiger partial charge in [-0.1, -0.05) is 0 Å². The number of carboxylic acids is 2. The van der Waals surface area contributed by atoms with E-state index >= 15 is 0 Å². The number of carboxylic acid groups (broad SMARTS) is 2. The molecule has 4 nitrogen and oxygen atoms in total. The standard InChI is InChI=1S/2C7H2F4O2.Ca/c2*8-3-1-2(7(12)13)4(9)6(11)5(3)10;/h2*1H,(H,12,13);/q;;+2/p-2. The summed E-state index contributed by atoms with van der Waals surface area (Å²) < 4.78 is 98.7. The first-order chi connectivity index (χ1) is 11.9. The molecule has 0 unspecified atom stereocenters. The quantitative estimate of drug-likeness (QED) is 0.309. The van der Waals surface area contributed by atoms with Crippen LogP contribution in [-0.2, 0) is 0 Å². The number of hydrogen-bond acceptors (Lipinski definition) is 4. The maximum Gasteiger partial charge on any atom is 2.00 e. The number of rotatable bonds is 2. The molecule has 0 aliphatic carbocycles. The SMILES string of the molecule is O=C([O-])c1cc(F)c(F)c(F)c1F.O=C([O-])c1cc(F)c(F)c(F)c1F.[Ca+2]. The van der Waals surface area contributed by atoms with Gasteiger partial charge in [0.15, 0.2) is 46.5 Å². The third-order valence-corrected chi connectivity index (χ3v) is 2.65. The second-order valence-corrected chi connectivity index (χ2v) is 4.27. The van der Waals surface area contributed by atoms with Crippen molar-refractivity contribution in [1.82, 2.24) is 0 Å². The fraction of sp³-hybridized carbons (Fsp3) is 0. The normalized spacial score (nSPS) is 9.78. The maximum absolute atomic E-state index is 12.5. The van der Waals surface area contributed by atoms with Crippen molar-refractivity contribution in [3.05, 3.63) is 69.8 Å². The molecule has 27 heavy (non-hydrogen) atoms. The second kappa shape index (κ2) is 9.85. The second-order valence-electron chi connectivity index (χ2n) is 4.27. The topological polar surface area (TPSA) is 80.3 Å². The van der Waals surface area contributed by atoms with Gasteiger partial charge in [0.05, 0.1) is 11.9 Å². The summed E-state index contributed by atoms with van der Waals surface area (Å²) in [7, 11) is 0. The number of benzene rings is 2. The van der Waals surface area contributed by atoms with Crippen LogP contribution >= 0.6 is 0 Å². The molecule has 0 saturated carbocycles. The zero-order valence-electron chi connectivity index (χ0n) is 12.5. The monoisotopic (exact) mass is 426 g/mol. The molecule has 140 valence electrons. The van der Waals surface area contributed by atoms with E-state index < -0.39 is 69.6 Å². The van der Waals surface area contributed by atoms with Gasteiger partial charge >= 0.3 is 37.7 Å². The van der Waals surface area contributed by atoms with Crippen LogP contribution in [-0.4, -0.2) is 49.7 Å². The average molecular weight is 426 g/mol. The summed E-state index contributed by atoms with van der Waals surface area (Å²) in [6.45, 7) is 0. The van der Waals surface area contributed by atoms with Gasteiger partial charge < -0.3 is 19.8 Å². The molecule has 0 heterocycles. The summed E-state index contributed by atoms with van der Waals surface area (Å²) >= 11 is 0. The van der Waals surface area contributed by atoms with Crippen LogP contribution < -0.4 is 10.2 Å². The Morgan fingerprint density at radius 1 is 0.556 bits per heavy atom. The number of halogens is 8. The van der Waals surface area contributed by atoms with E-state index in [9.17, 15) is 54.9 Å². The Kier molecular flexibility index (Phi) is 9.15. The Morgan fingerprint density at radius 2 is 0.815 bits per heavy atom. The molecule has 0 amide bonds. The first-order valence-electron chi connectivity index (χ1n) is 5.98. The summed E-state index contributed by atoms with van der Waals surface area (Å²) in [5.41, 5.74) is -2.70. The molecule has 0 spiro atoms. The summed E-state index contributed by atoms with van der Waals surface area (Å²) in [6, 6.07) is 0.0339. The summed E-state index contributed by atoms with van der Waals surface area (Å²) in [5, 5.41) is 20.1. The van der Waals surface area contributed by atoms with Crippen molar-refractivity contribution in [1.29, 1.82) is 0 Å². The van der Waals surface area contributed by atoms with E-state index in [1.54, 1.807) is 0 Å². The van der Waals surface area contributed by atoms with E-state index in [2.05, 4.69) is 0 Å². The van der Waals surface area contributed by atoms with Crippen LogP contribution in [0.3, 0.4) is 0 Å². The molecule has 0 N–H and O–H groups in total. The van der Waals surface area contributed by atoms with Gasteiger partial charge in [0.1, 0.15) is 0 Å². The molecule has 0 fully saturated rings. The van der Waals surface area contributed by atoms with E-state index in [1.807, 2.05) is 0 Å². The van der Waals surface area contributed by atoms with Crippen molar-refractivity contribution < 1.29 is 54.9 Å². The van der Waals surface area contributed by atoms with E-state index in [4.69, 9.17) is 0 Å². The third kappa shape index (κ3) is 5.53. The van der Waals surface area contributed by atoms with Crippen LogP contribution in [0.4, 0.5) is 35.1 Å². The van der Waals surface area contributed by atoms with Crippen LogP contribution in [0.5, 0.6) is 0 Å². The van der Waals surface area contributed by atoms with E-state index in [0.29, 0.717) is 0 Å². The number of hydrogen-bond donors (Lipinski definition) is 0. The van der Waals surface area contributed by atoms with Crippen LogP contribution in [0.15, 0.2) is 12.1 Å². The fourth-order valence-corrected chi connectivity index (χ4v) is 1.44. The Bertz CT molecular complexity index is 830. The van der Waals surface area contributed by atoms with Gasteiger partial charge in [-0.25, -0.2) is 35.1 Å². The minimum Gasteiger partial charge on any atom is -0.545 e. The first kappa shape index (κ1) is 25.1.